The molecule has 2 aliphatic rings. The number of fused-ring (bicyclic) bond motifs is 1. The number of alkyl halides is 2. The van der Waals surface area contributed by atoms with Crippen LogP contribution in [0.1, 0.15) is 42.5 Å². The summed E-state index contributed by atoms with van der Waals surface area (Å²) in [7, 11) is 1.93. The summed E-state index contributed by atoms with van der Waals surface area (Å²) in [6.45, 7) is 2.38. The Morgan fingerprint density at radius 3 is 2.68 bits per heavy atom. The Kier molecular flexibility index (Phi) is 6.24. The van der Waals surface area contributed by atoms with E-state index >= 15 is 0 Å². The van der Waals surface area contributed by atoms with Gasteiger partial charge in [0.15, 0.2) is 0 Å². The first kappa shape index (κ1) is 21.7. The maximum Gasteiger partial charge on any atom is 0.266 e. The predicted octanol–water partition coefficient (Wildman–Crippen LogP) is 4.64. The number of aromatic nitrogens is 2. The van der Waals surface area contributed by atoms with Gasteiger partial charge in [-0.1, -0.05) is 18.2 Å². The molecule has 0 fully saturated rings. The van der Waals surface area contributed by atoms with Gasteiger partial charge in [-0.2, -0.15) is 0 Å². The lowest BCUT2D eigenvalue weighted by atomic mass is 9.97. The fourth-order valence-electron chi connectivity index (χ4n) is 3.93. The highest BCUT2D eigenvalue weighted by atomic mass is 32.2. The van der Waals surface area contributed by atoms with Crippen molar-refractivity contribution < 1.29 is 17.7 Å². The Hall–Kier alpha value is -2.52. The molecule has 0 saturated heterocycles. The Labute approximate surface area is 182 Å². The van der Waals surface area contributed by atoms with Gasteiger partial charge in [0.05, 0.1) is 17.2 Å². The molecule has 5 nitrogen and oxygen atoms in total. The minimum Gasteiger partial charge on any atom is -0.616 e. The third-order valence-electron chi connectivity index (χ3n) is 5.59. The van der Waals surface area contributed by atoms with Crippen molar-refractivity contribution in [3.63, 3.8) is 0 Å². The van der Waals surface area contributed by atoms with Crippen LogP contribution in [0, 0.1) is 5.82 Å². The molecule has 1 aromatic carbocycles. The minimum atomic E-state index is -2.88. The van der Waals surface area contributed by atoms with Crippen molar-refractivity contribution in [3.8, 4) is 0 Å². The molecule has 1 unspecified atom stereocenters. The molecular weight excluding hydrogens is 425 g/mol. The second kappa shape index (κ2) is 8.92. The number of rotatable bonds is 5. The summed E-state index contributed by atoms with van der Waals surface area (Å²) in [6, 6.07) is 3.43. The fourth-order valence-corrected chi connectivity index (χ4v) is 4.93. The van der Waals surface area contributed by atoms with E-state index in [0.29, 0.717) is 23.9 Å². The van der Waals surface area contributed by atoms with Crippen LogP contribution in [-0.4, -0.2) is 39.6 Å². The van der Waals surface area contributed by atoms with Crippen molar-refractivity contribution in [2.45, 2.75) is 25.8 Å². The largest absolute Gasteiger partial charge is 0.616 e. The zero-order valence-corrected chi connectivity index (χ0v) is 18.1. The van der Waals surface area contributed by atoms with E-state index in [0.717, 1.165) is 35.0 Å². The molecule has 164 valence electrons. The molecule has 2 aliphatic heterocycles. The lowest BCUT2D eigenvalue weighted by Crippen LogP contribution is -2.28. The van der Waals surface area contributed by atoms with Gasteiger partial charge >= 0.3 is 0 Å². The minimum absolute atomic E-state index is 0.149. The Morgan fingerprint density at radius 1 is 1.19 bits per heavy atom. The monoisotopic (exact) mass is 448 g/mol. The van der Waals surface area contributed by atoms with Crippen LogP contribution in [0.4, 0.5) is 24.8 Å². The summed E-state index contributed by atoms with van der Waals surface area (Å²) in [5.74, 6) is 1.52. The second-order valence-electron chi connectivity index (χ2n) is 7.69. The fraction of sp³-hybridized carbons (Fsp3) is 0.364. The van der Waals surface area contributed by atoms with Crippen LogP contribution in [0.2, 0.25) is 0 Å². The van der Waals surface area contributed by atoms with Gasteiger partial charge in [-0.15, -0.1) is 0 Å². The number of halogens is 3. The molecule has 0 bridgehead atoms. The molecule has 0 saturated carbocycles. The van der Waals surface area contributed by atoms with Crippen molar-refractivity contribution >= 4 is 28.9 Å². The molecule has 9 heteroatoms. The molecular formula is C22H23F3N4OS. The van der Waals surface area contributed by atoms with Crippen molar-refractivity contribution in [2.24, 2.45) is 0 Å². The molecule has 0 amide bonds. The first-order valence-electron chi connectivity index (χ1n) is 9.99. The highest BCUT2D eigenvalue weighted by molar-refractivity contribution is 7.91. The van der Waals surface area contributed by atoms with Crippen molar-refractivity contribution in [3.05, 3.63) is 64.3 Å². The third-order valence-corrected chi connectivity index (χ3v) is 6.79. The van der Waals surface area contributed by atoms with E-state index in [-0.39, 0.29) is 5.56 Å². The van der Waals surface area contributed by atoms with Crippen LogP contribution in [0.15, 0.2) is 41.7 Å². The topological polar surface area (TPSA) is 64.1 Å². The Morgan fingerprint density at radius 2 is 1.97 bits per heavy atom. The Balaban J connectivity index is 1.67. The van der Waals surface area contributed by atoms with Gasteiger partial charge in [0.1, 0.15) is 35.3 Å². The molecule has 3 heterocycles. The Bertz CT molecular complexity index is 1040. The zero-order valence-electron chi connectivity index (χ0n) is 17.2. The van der Waals surface area contributed by atoms with Gasteiger partial charge in [-0.25, -0.2) is 23.1 Å². The number of hydrogen-bond donors (Lipinski definition) is 1. The third kappa shape index (κ3) is 4.43. The van der Waals surface area contributed by atoms with E-state index in [1.165, 1.54) is 18.5 Å². The van der Waals surface area contributed by atoms with Crippen LogP contribution < -0.4 is 10.2 Å². The summed E-state index contributed by atoms with van der Waals surface area (Å²) >= 11 is -0.804. The van der Waals surface area contributed by atoms with Crippen LogP contribution in [0.5, 0.6) is 0 Å². The van der Waals surface area contributed by atoms with Gasteiger partial charge in [-0.3, -0.25) is 0 Å². The maximum atomic E-state index is 14.6. The molecule has 1 aromatic heterocycles. The first-order valence-corrected chi connectivity index (χ1v) is 11.5. The molecule has 2 atom stereocenters. The van der Waals surface area contributed by atoms with Gasteiger partial charge < -0.3 is 14.8 Å². The summed E-state index contributed by atoms with van der Waals surface area (Å²) < 4.78 is 52.5. The number of nitrogens with one attached hydrogen (secondary N) is 1. The molecule has 0 radical (unpaired) electrons. The number of likely N-dealkylation sites (N-methyl/N-ethyl adjacent to an activating group) is 1. The number of benzene rings is 1. The van der Waals surface area contributed by atoms with E-state index in [2.05, 4.69) is 15.3 Å². The van der Waals surface area contributed by atoms with E-state index in [9.17, 15) is 17.7 Å². The molecule has 1 N–H and O–H groups in total. The van der Waals surface area contributed by atoms with Crippen molar-refractivity contribution in [1.82, 2.24) is 9.97 Å². The molecule has 2 aromatic rings. The molecule has 0 aliphatic carbocycles. The lowest BCUT2D eigenvalue weighted by molar-refractivity contribution is 0.146. The quantitative estimate of drug-likeness (QED) is 0.676. The average molecular weight is 449 g/mol. The summed E-state index contributed by atoms with van der Waals surface area (Å²) in [5, 5.41) is 3.17. The van der Waals surface area contributed by atoms with Crippen molar-refractivity contribution in [1.29, 1.82) is 0 Å². The predicted molar refractivity (Wildman–Crippen MR) is 117 cm³/mol. The molecule has 4 rings (SSSR count). The SMILES string of the molecule is C[C@@H](Nc1ncnc2c1C=C(C1=CC[S+]([O-])CC1)CN2C)c1cccc(C(F)F)c1F. The number of hydrogen-bond acceptors (Lipinski definition) is 5. The van der Waals surface area contributed by atoms with Crippen LogP contribution in [0.25, 0.3) is 6.08 Å². The lowest BCUT2D eigenvalue weighted by Gasteiger charge is -2.30. The summed E-state index contributed by atoms with van der Waals surface area (Å²) in [4.78, 5) is 10.7. The standard InChI is InChI=1S/C22H23F3N4OS/c1-13(16-4-3-5-17(19(16)23)20(24)25)28-21-18-10-15(14-6-8-31(30)9-7-14)11-29(2)22(18)27-12-26-21/h3-6,10,12-13,20H,7-9,11H2,1-2H3,(H,26,27,28)/t13-,31?/m1/s1. The maximum absolute atomic E-state index is 14.6. The van der Waals surface area contributed by atoms with E-state index < -0.39 is 35.0 Å². The summed E-state index contributed by atoms with van der Waals surface area (Å²) in [6.07, 6.45) is 3.33. The van der Waals surface area contributed by atoms with Gasteiger partial charge in [-0.05, 0) is 41.4 Å². The van der Waals surface area contributed by atoms with Gasteiger partial charge in [0.2, 0.25) is 0 Å². The number of nitrogens with zero attached hydrogens (tertiary/aromatic N) is 3. The highest BCUT2D eigenvalue weighted by Crippen LogP contribution is 2.36. The van der Waals surface area contributed by atoms with Crippen LogP contribution >= 0.6 is 0 Å². The van der Waals surface area contributed by atoms with E-state index in [1.54, 1.807) is 6.92 Å². The van der Waals surface area contributed by atoms with Crippen LogP contribution in [-0.2, 0) is 11.2 Å². The first-order chi connectivity index (χ1) is 14.8. The number of anilines is 2. The summed E-state index contributed by atoms with van der Waals surface area (Å²) in [5.41, 5.74) is 2.56. The normalized spacial score (nSPS) is 19.6. The zero-order chi connectivity index (χ0) is 22.1. The molecule has 31 heavy (non-hydrogen) atoms. The molecule has 0 spiro atoms. The van der Waals surface area contributed by atoms with Gasteiger partial charge in [0.25, 0.3) is 6.43 Å². The second-order valence-corrected chi connectivity index (χ2v) is 9.31. The van der Waals surface area contributed by atoms with Crippen LogP contribution in [0.3, 0.4) is 0 Å². The highest BCUT2D eigenvalue weighted by Gasteiger charge is 2.26. The smallest absolute Gasteiger partial charge is 0.266 e. The van der Waals surface area contributed by atoms with Crippen molar-refractivity contribution in [2.75, 3.05) is 35.3 Å². The average Bonchev–Trinajstić information content (AvgIpc) is 2.74. The van der Waals surface area contributed by atoms with Gasteiger partial charge in [0, 0.05) is 25.6 Å². The van der Waals surface area contributed by atoms with E-state index in [1.807, 2.05) is 24.1 Å². The van der Waals surface area contributed by atoms with E-state index in [4.69, 9.17) is 0 Å².